The maximum absolute atomic E-state index is 14.5. The Hall–Kier alpha value is -2.17. The molecule has 0 saturated carbocycles. The van der Waals surface area contributed by atoms with Crippen molar-refractivity contribution in [3.05, 3.63) is 41.1 Å². The second kappa shape index (κ2) is 7.21. The maximum Gasteiger partial charge on any atom is 0.290 e. The number of sulfonamides is 1. The first-order chi connectivity index (χ1) is 14.0. The van der Waals surface area contributed by atoms with E-state index in [9.17, 15) is 22.3 Å². The van der Waals surface area contributed by atoms with Crippen molar-refractivity contribution < 1.29 is 22.3 Å². The number of aliphatic hydroxyl groups excluding tert-OH is 1. The highest BCUT2D eigenvalue weighted by Gasteiger charge is 2.45. The van der Waals surface area contributed by atoms with E-state index in [4.69, 9.17) is 0 Å². The summed E-state index contributed by atoms with van der Waals surface area (Å²) in [6.07, 6.45) is 0.383. The molecule has 1 aliphatic heterocycles. The van der Waals surface area contributed by atoms with Crippen molar-refractivity contribution in [1.82, 2.24) is 14.7 Å². The molecular formula is C20H24F2N4O3S. The van der Waals surface area contributed by atoms with Gasteiger partial charge >= 0.3 is 0 Å². The van der Waals surface area contributed by atoms with Gasteiger partial charge < -0.3 is 10.0 Å². The fourth-order valence-corrected chi connectivity index (χ4v) is 4.76. The summed E-state index contributed by atoms with van der Waals surface area (Å²) < 4.78 is 54.7. The molecule has 0 unspecified atom stereocenters. The average Bonchev–Trinajstić information content (AvgIpc) is 2.98. The van der Waals surface area contributed by atoms with Gasteiger partial charge in [-0.3, -0.25) is 0 Å². The molecule has 3 atom stereocenters. The zero-order valence-electron chi connectivity index (χ0n) is 16.9. The Balaban J connectivity index is 1.79. The largest absolute Gasteiger partial charge is 0.389 e. The molecule has 1 saturated heterocycles. The van der Waals surface area contributed by atoms with E-state index < -0.39 is 28.1 Å². The predicted molar refractivity (Wildman–Crippen MR) is 109 cm³/mol. The molecule has 10 heteroatoms. The molecular weight excluding hydrogens is 414 g/mol. The van der Waals surface area contributed by atoms with E-state index in [1.54, 1.807) is 43.0 Å². The van der Waals surface area contributed by atoms with Gasteiger partial charge in [0, 0.05) is 30.1 Å². The third kappa shape index (κ3) is 3.79. The smallest absolute Gasteiger partial charge is 0.290 e. The minimum atomic E-state index is -3.40. The molecule has 1 aliphatic carbocycles. The molecule has 0 bridgehead atoms. The standard InChI is InChI=1S/C20H24F2N4O3S/c1-11(25-30(3,28)29)13-5-4-6-14(9-13)17-15-7-8-20(21,22)18(15)24-19(23-17)26-10-16(27)12(26)2/h4-6,9,11-12,16,25,27H,7-8,10H2,1-3H3/t11-,12+,16-/m1/s1. The topological polar surface area (TPSA) is 95.4 Å². The molecule has 2 heterocycles. The highest BCUT2D eigenvalue weighted by atomic mass is 32.2. The van der Waals surface area contributed by atoms with Crippen LogP contribution in [-0.2, 0) is 22.4 Å². The van der Waals surface area contributed by atoms with Gasteiger partial charge in [0.05, 0.1) is 24.1 Å². The average molecular weight is 439 g/mol. The van der Waals surface area contributed by atoms with E-state index in [0.29, 0.717) is 28.9 Å². The Morgan fingerprint density at radius 1 is 1.33 bits per heavy atom. The highest BCUT2D eigenvalue weighted by molar-refractivity contribution is 7.88. The number of fused-ring (bicyclic) bond motifs is 1. The van der Waals surface area contributed by atoms with Gasteiger partial charge in [0.1, 0.15) is 5.69 Å². The molecule has 1 fully saturated rings. The summed E-state index contributed by atoms with van der Waals surface area (Å²) in [5.74, 6) is -2.85. The first kappa shape index (κ1) is 21.1. The highest BCUT2D eigenvalue weighted by Crippen LogP contribution is 2.45. The van der Waals surface area contributed by atoms with E-state index >= 15 is 0 Å². The lowest BCUT2D eigenvalue weighted by Crippen LogP contribution is -2.59. The summed E-state index contributed by atoms with van der Waals surface area (Å²) >= 11 is 0. The van der Waals surface area contributed by atoms with Gasteiger partial charge in [0.15, 0.2) is 0 Å². The Morgan fingerprint density at radius 3 is 2.70 bits per heavy atom. The molecule has 162 valence electrons. The molecule has 0 radical (unpaired) electrons. The fourth-order valence-electron chi connectivity index (χ4n) is 3.98. The summed E-state index contributed by atoms with van der Waals surface area (Å²) in [5.41, 5.74) is 1.90. The first-order valence-electron chi connectivity index (χ1n) is 9.78. The number of hydrogen-bond acceptors (Lipinski definition) is 6. The second-order valence-corrected chi connectivity index (χ2v) is 9.88. The van der Waals surface area contributed by atoms with Gasteiger partial charge in [0.25, 0.3) is 5.92 Å². The van der Waals surface area contributed by atoms with E-state index in [-0.39, 0.29) is 30.5 Å². The third-order valence-corrected chi connectivity index (χ3v) is 6.55. The van der Waals surface area contributed by atoms with E-state index in [1.165, 1.54) is 0 Å². The number of anilines is 1. The van der Waals surface area contributed by atoms with E-state index in [0.717, 1.165) is 6.26 Å². The van der Waals surface area contributed by atoms with Crippen molar-refractivity contribution in [2.45, 2.75) is 50.8 Å². The van der Waals surface area contributed by atoms with Gasteiger partial charge in [-0.2, -0.15) is 8.78 Å². The van der Waals surface area contributed by atoms with Crippen LogP contribution >= 0.6 is 0 Å². The van der Waals surface area contributed by atoms with Crippen molar-refractivity contribution in [3.8, 4) is 11.3 Å². The number of halogens is 2. The van der Waals surface area contributed by atoms with Crippen molar-refractivity contribution in [1.29, 1.82) is 0 Å². The lowest BCUT2D eigenvalue weighted by atomic mass is 9.99. The molecule has 1 aromatic heterocycles. The van der Waals surface area contributed by atoms with Crippen LogP contribution in [0, 0.1) is 0 Å². The number of nitrogens with zero attached hydrogens (tertiary/aromatic N) is 3. The lowest BCUT2D eigenvalue weighted by molar-refractivity contribution is -0.00603. The third-order valence-electron chi connectivity index (χ3n) is 5.77. The number of nitrogens with one attached hydrogen (secondary N) is 1. The SMILES string of the molecule is C[C@@H](NS(C)(=O)=O)c1cccc(-c2nc(N3C[C@@H](O)[C@@H]3C)nc3c2CCC3(F)F)c1. The predicted octanol–water partition coefficient (Wildman–Crippen LogP) is 2.36. The van der Waals surface area contributed by atoms with Crippen LogP contribution in [0.4, 0.5) is 14.7 Å². The molecule has 4 rings (SSSR count). The molecule has 0 amide bonds. The van der Waals surface area contributed by atoms with E-state index in [1.807, 2.05) is 0 Å². The summed E-state index contributed by atoms with van der Waals surface area (Å²) in [6, 6.07) is 6.32. The Bertz CT molecular complexity index is 1090. The Kier molecular flexibility index (Phi) is 5.06. The van der Waals surface area contributed by atoms with Crippen LogP contribution < -0.4 is 9.62 Å². The van der Waals surface area contributed by atoms with Crippen LogP contribution in [0.15, 0.2) is 24.3 Å². The zero-order chi connectivity index (χ0) is 21.8. The molecule has 2 N–H and O–H groups in total. The van der Waals surface area contributed by atoms with Crippen LogP contribution in [0.1, 0.15) is 43.1 Å². The number of β-amino-alcohol motifs (C(OH)–C–C–N with tert-alkyl or cyclic N) is 1. The lowest BCUT2D eigenvalue weighted by Gasteiger charge is -2.43. The first-order valence-corrected chi connectivity index (χ1v) is 11.7. The summed E-state index contributed by atoms with van der Waals surface area (Å²) in [7, 11) is -3.40. The number of aliphatic hydroxyl groups is 1. The van der Waals surface area contributed by atoms with E-state index in [2.05, 4.69) is 14.7 Å². The molecule has 0 spiro atoms. The number of benzene rings is 1. The molecule has 2 aliphatic rings. The van der Waals surface area contributed by atoms with Gasteiger partial charge in [-0.15, -0.1) is 0 Å². The minimum Gasteiger partial charge on any atom is -0.389 e. The van der Waals surface area contributed by atoms with Gasteiger partial charge in [0.2, 0.25) is 16.0 Å². The number of aromatic nitrogens is 2. The van der Waals surface area contributed by atoms with Gasteiger partial charge in [-0.1, -0.05) is 18.2 Å². The van der Waals surface area contributed by atoms with Crippen LogP contribution in [0.5, 0.6) is 0 Å². The summed E-state index contributed by atoms with van der Waals surface area (Å²) in [6.45, 7) is 3.80. The van der Waals surface area contributed by atoms with Crippen LogP contribution in [-0.4, -0.2) is 48.4 Å². The van der Waals surface area contributed by atoms with Crippen molar-refractivity contribution in [2.24, 2.45) is 0 Å². The van der Waals surface area contributed by atoms with Crippen molar-refractivity contribution in [3.63, 3.8) is 0 Å². The Labute approximate surface area is 174 Å². The normalized spacial score (nSPS) is 23.7. The number of hydrogen-bond donors (Lipinski definition) is 2. The fraction of sp³-hybridized carbons (Fsp3) is 0.500. The minimum absolute atomic E-state index is 0.164. The summed E-state index contributed by atoms with van der Waals surface area (Å²) in [5, 5.41) is 9.82. The van der Waals surface area contributed by atoms with Gasteiger partial charge in [-0.25, -0.2) is 23.1 Å². The summed E-state index contributed by atoms with van der Waals surface area (Å²) in [4.78, 5) is 10.5. The van der Waals surface area contributed by atoms with Crippen molar-refractivity contribution in [2.75, 3.05) is 17.7 Å². The van der Waals surface area contributed by atoms with Crippen LogP contribution in [0.25, 0.3) is 11.3 Å². The zero-order valence-corrected chi connectivity index (χ0v) is 17.7. The molecule has 1 aromatic carbocycles. The molecule has 2 aromatic rings. The number of alkyl halides is 2. The molecule has 7 nitrogen and oxygen atoms in total. The number of rotatable bonds is 5. The monoisotopic (exact) mass is 438 g/mol. The van der Waals surface area contributed by atoms with Crippen molar-refractivity contribution >= 4 is 16.0 Å². The van der Waals surface area contributed by atoms with Gasteiger partial charge in [-0.05, 0) is 31.9 Å². The molecule has 30 heavy (non-hydrogen) atoms. The van der Waals surface area contributed by atoms with Crippen LogP contribution in [0.3, 0.4) is 0 Å². The van der Waals surface area contributed by atoms with Crippen LogP contribution in [0.2, 0.25) is 0 Å². The quantitative estimate of drug-likeness (QED) is 0.744. The Morgan fingerprint density at radius 2 is 2.07 bits per heavy atom. The second-order valence-electron chi connectivity index (χ2n) is 8.10. The maximum atomic E-state index is 14.5.